The molecule has 0 aromatic carbocycles. The van der Waals surface area contributed by atoms with Gasteiger partial charge in [0.15, 0.2) is 0 Å². The summed E-state index contributed by atoms with van der Waals surface area (Å²) in [5.74, 6) is 1.33. The summed E-state index contributed by atoms with van der Waals surface area (Å²) in [6.45, 7) is 12.0. The van der Waals surface area contributed by atoms with E-state index in [1.807, 2.05) is 0 Å². The van der Waals surface area contributed by atoms with Crippen LogP contribution in [0.25, 0.3) is 0 Å². The van der Waals surface area contributed by atoms with Crippen LogP contribution in [0.2, 0.25) is 0 Å². The van der Waals surface area contributed by atoms with Crippen LogP contribution in [-0.2, 0) is 4.74 Å². The number of hydrogen-bond acceptors (Lipinski definition) is 2. The lowest BCUT2D eigenvalue weighted by Crippen LogP contribution is -2.24. The highest BCUT2D eigenvalue weighted by Crippen LogP contribution is 2.18. The van der Waals surface area contributed by atoms with Crippen molar-refractivity contribution in [3.05, 3.63) is 11.6 Å². The molecule has 0 aliphatic carbocycles. The molecule has 1 unspecified atom stereocenters. The van der Waals surface area contributed by atoms with Crippen LogP contribution in [0, 0.1) is 11.8 Å². The molecule has 0 saturated carbocycles. The second-order valence-electron chi connectivity index (χ2n) is 5.47. The third kappa shape index (κ3) is 5.13. The van der Waals surface area contributed by atoms with E-state index >= 15 is 0 Å². The largest absolute Gasteiger partial charge is 0.374 e. The molecule has 0 aromatic rings. The average molecular weight is 225 g/mol. The fourth-order valence-electron chi connectivity index (χ4n) is 1.93. The molecule has 0 radical (unpaired) electrons. The number of hydrogen-bond donors (Lipinski definition) is 1. The Labute approximate surface area is 100 Å². The molecular weight excluding hydrogens is 198 g/mol. The number of ether oxygens (including phenoxy) is 1. The lowest BCUT2D eigenvalue weighted by molar-refractivity contribution is 0.144. The van der Waals surface area contributed by atoms with E-state index < -0.39 is 0 Å². The normalized spacial score (nSPS) is 22.4. The fraction of sp³-hybridized carbons (Fsp3) is 0.857. The SMILES string of the molecule is CC(C)CNC/C(=C\C1CCCO1)C(C)C. The first-order chi connectivity index (χ1) is 7.59. The topological polar surface area (TPSA) is 21.3 Å². The van der Waals surface area contributed by atoms with Crippen molar-refractivity contribution >= 4 is 0 Å². The van der Waals surface area contributed by atoms with Crippen molar-refractivity contribution in [3.63, 3.8) is 0 Å². The summed E-state index contributed by atoms with van der Waals surface area (Å²) in [6, 6.07) is 0. The Balaban J connectivity index is 2.40. The maximum absolute atomic E-state index is 5.66. The fourth-order valence-corrected chi connectivity index (χ4v) is 1.93. The van der Waals surface area contributed by atoms with Crippen LogP contribution in [0.4, 0.5) is 0 Å². The van der Waals surface area contributed by atoms with Crippen LogP contribution in [0.15, 0.2) is 11.6 Å². The van der Waals surface area contributed by atoms with Gasteiger partial charge < -0.3 is 10.1 Å². The van der Waals surface area contributed by atoms with Gasteiger partial charge in [0, 0.05) is 13.2 Å². The minimum atomic E-state index is 0.373. The Morgan fingerprint density at radius 1 is 1.38 bits per heavy atom. The number of nitrogens with one attached hydrogen (secondary N) is 1. The monoisotopic (exact) mass is 225 g/mol. The van der Waals surface area contributed by atoms with E-state index in [2.05, 4.69) is 39.1 Å². The predicted molar refractivity (Wildman–Crippen MR) is 69.6 cm³/mol. The highest BCUT2D eigenvalue weighted by atomic mass is 16.5. The van der Waals surface area contributed by atoms with Gasteiger partial charge in [0.25, 0.3) is 0 Å². The minimum Gasteiger partial charge on any atom is -0.374 e. The maximum atomic E-state index is 5.66. The zero-order valence-corrected chi connectivity index (χ0v) is 11.3. The van der Waals surface area contributed by atoms with Gasteiger partial charge in [-0.15, -0.1) is 0 Å². The standard InChI is InChI=1S/C14H27NO/c1-11(2)9-15-10-13(12(3)4)8-14-6-5-7-16-14/h8,11-12,14-15H,5-7,9-10H2,1-4H3/b13-8+. The Morgan fingerprint density at radius 2 is 2.12 bits per heavy atom. The van der Waals surface area contributed by atoms with Gasteiger partial charge in [0.1, 0.15) is 0 Å². The molecule has 1 saturated heterocycles. The van der Waals surface area contributed by atoms with Gasteiger partial charge in [-0.05, 0) is 31.2 Å². The highest BCUT2D eigenvalue weighted by molar-refractivity contribution is 5.10. The molecule has 16 heavy (non-hydrogen) atoms. The van der Waals surface area contributed by atoms with Crippen LogP contribution in [0.3, 0.4) is 0 Å². The summed E-state index contributed by atoms with van der Waals surface area (Å²) in [6.07, 6.45) is 5.12. The van der Waals surface area contributed by atoms with E-state index in [1.165, 1.54) is 18.4 Å². The molecular formula is C14H27NO. The van der Waals surface area contributed by atoms with Gasteiger partial charge >= 0.3 is 0 Å². The van der Waals surface area contributed by atoms with E-state index in [4.69, 9.17) is 4.74 Å². The first-order valence-electron chi connectivity index (χ1n) is 6.62. The van der Waals surface area contributed by atoms with E-state index in [0.29, 0.717) is 12.0 Å². The van der Waals surface area contributed by atoms with Gasteiger partial charge in [-0.1, -0.05) is 39.3 Å². The van der Waals surface area contributed by atoms with E-state index in [0.717, 1.165) is 25.6 Å². The van der Waals surface area contributed by atoms with Crippen molar-refractivity contribution in [2.45, 2.75) is 46.6 Å². The minimum absolute atomic E-state index is 0.373. The molecule has 2 nitrogen and oxygen atoms in total. The van der Waals surface area contributed by atoms with Crippen LogP contribution in [0.5, 0.6) is 0 Å². The Hall–Kier alpha value is -0.340. The van der Waals surface area contributed by atoms with Gasteiger partial charge in [-0.2, -0.15) is 0 Å². The Morgan fingerprint density at radius 3 is 2.62 bits per heavy atom. The van der Waals surface area contributed by atoms with Crippen molar-refractivity contribution in [1.29, 1.82) is 0 Å². The first kappa shape index (κ1) is 13.7. The molecule has 1 aliphatic heterocycles. The van der Waals surface area contributed by atoms with E-state index in [1.54, 1.807) is 0 Å². The van der Waals surface area contributed by atoms with Gasteiger partial charge in [-0.25, -0.2) is 0 Å². The summed E-state index contributed by atoms with van der Waals surface area (Å²) >= 11 is 0. The third-order valence-electron chi connectivity index (χ3n) is 2.99. The maximum Gasteiger partial charge on any atom is 0.0759 e. The molecule has 0 amide bonds. The smallest absolute Gasteiger partial charge is 0.0759 e. The molecule has 1 fully saturated rings. The van der Waals surface area contributed by atoms with Crippen molar-refractivity contribution in [2.24, 2.45) is 11.8 Å². The van der Waals surface area contributed by atoms with Crippen LogP contribution in [0.1, 0.15) is 40.5 Å². The molecule has 2 heteroatoms. The predicted octanol–water partition coefficient (Wildman–Crippen LogP) is 2.99. The molecule has 94 valence electrons. The quantitative estimate of drug-likeness (QED) is 0.702. The van der Waals surface area contributed by atoms with E-state index in [-0.39, 0.29) is 0 Å². The van der Waals surface area contributed by atoms with Gasteiger partial charge in [0.05, 0.1) is 6.10 Å². The van der Waals surface area contributed by atoms with Gasteiger partial charge in [0.2, 0.25) is 0 Å². The van der Waals surface area contributed by atoms with Crippen molar-refractivity contribution in [3.8, 4) is 0 Å². The zero-order valence-electron chi connectivity index (χ0n) is 11.3. The lowest BCUT2D eigenvalue weighted by Gasteiger charge is -2.16. The van der Waals surface area contributed by atoms with Crippen molar-refractivity contribution in [1.82, 2.24) is 5.32 Å². The summed E-state index contributed by atoms with van der Waals surface area (Å²) in [7, 11) is 0. The zero-order chi connectivity index (χ0) is 12.0. The molecule has 0 aromatic heterocycles. The molecule has 1 heterocycles. The first-order valence-corrected chi connectivity index (χ1v) is 6.62. The Bertz CT molecular complexity index is 215. The third-order valence-corrected chi connectivity index (χ3v) is 2.99. The van der Waals surface area contributed by atoms with Crippen LogP contribution in [-0.4, -0.2) is 25.8 Å². The molecule has 1 atom stereocenters. The average Bonchev–Trinajstić information content (AvgIpc) is 2.68. The summed E-state index contributed by atoms with van der Waals surface area (Å²) in [5.41, 5.74) is 1.49. The Kier molecular flexibility index (Phi) is 6.07. The van der Waals surface area contributed by atoms with Crippen molar-refractivity contribution < 1.29 is 4.74 Å². The molecule has 1 N–H and O–H groups in total. The van der Waals surface area contributed by atoms with Gasteiger partial charge in [-0.3, -0.25) is 0 Å². The molecule has 1 rings (SSSR count). The molecule has 0 bridgehead atoms. The number of rotatable bonds is 6. The van der Waals surface area contributed by atoms with E-state index in [9.17, 15) is 0 Å². The summed E-state index contributed by atoms with van der Waals surface area (Å²) in [5, 5.41) is 3.52. The van der Waals surface area contributed by atoms with Crippen molar-refractivity contribution in [2.75, 3.05) is 19.7 Å². The summed E-state index contributed by atoms with van der Waals surface area (Å²) < 4.78 is 5.66. The lowest BCUT2D eigenvalue weighted by atomic mass is 10.0. The molecule has 1 aliphatic rings. The van der Waals surface area contributed by atoms with Crippen LogP contribution >= 0.6 is 0 Å². The second-order valence-corrected chi connectivity index (χ2v) is 5.47. The summed E-state index contributed by atoms with van der Waals surface area (Å²) in [4.78, 5) is 0. The molecule has 0 spiro atoms. The second kappa shape index (κ2) is 7.08. The highest BCUT2D eigenvalue weighted by Gasteiger charge is 2.14. The van der Waals surface area contributed by atoms with Crippen LogP contribution < -0.4 is 5.32 Å².